The quantitative estimate of drug-likeness (QED) is 0.803. The number of pyridine rings is 1. The first kappa shape index (κ1) is 21.5. The fraction of sp³-hybridized carbons (Fsp3) is 0.455. The molecule has 0 amide bonds. The van der Waals surface area contributed by atoms with Crippen molar-refractivity contribution in [1.29, 1.82) is 0 Å². The van der Waals surface area contributed by atoms with Gasteiger partial charge in [-0.15, -0.1) is 0 Å². The fourth-order valence-electron chi connectivity index (χ4n) is 3.40. The van der Waals surface area contributed by atoms with Crippen LogP contribution in [0.25, 0.3) is 0 Å². The molecular weight excluding hydrogens is 388 g/mol. The third-order valence-corrected chi connectivity index (χ3v) is 6.49. The number of carboxylic acids is 1. The zero-order chi connectivity index (χ0) is 21.4. The number of aromatic nitrogens is 1. The van der Waals surface area contributed by atoms with Gasteiger partial charge in [0.25, 0.3) is 0 Å². The van der Waals surface area contributed by atoms with Crippen LogP contribution in [-0.4, -0.2) is 36.7 Å². The van der Waals surface area contributed by atoms with Crippen molar-refractivity contribution in [2.75, 3.05) is 6.54 Å². The van der Waals surface area contributed by atoms with Crippen molar-refractivity contribution < 1.29 is 18.8 Å². The molecule has 0 aliphatic carbocycles. The van der Waals surface area contributed by atoms with Crippen LogP contribution in [0.4, 0.5) is 0 Å². The number of fused-ring (bicyclic) bond motifs is 1. The van der Waals surface area contributed by atoms with E-state index in [-0.39, 0.29) is 0 Å². The van der Waals surface area contributed by atoms with E-state index in [0.717, 1.165) is 16.7 Å². The van der Waals surface area contributed by atoms with Crippen LogP contribution >= 0.6 is 0 Å². The van der Waals surface area contributed by atoms with E-state index < -0.39 is 28.0 Å². The summed E-state index contributed by atoms with van der Waals surface area (Å²) in [6, 6.07) is 9.54. The molecule has 0 radical (unpaired) electrons. The van der Waals surface area contributed by atoms with E-state index >= 15 is 0 Å². The number of hydrogen-bond acceptors (Lipinski definition) is 4. The Morgan fingerprint density at radius 2 is 2.07 bits per heavy atom. The normalized spacial score (nSPS) is 19.1. The lowest BCUT2D eigenvalue weighted by atomic mass is 9.85. The summed E-state index contributed by atoms with van der Waals surface area (Å²) in [6.07, 6.45) is 2.07. The van der Waals surface area contributed by atoms with E-state index in [1.165, 1.54) is 0 Å². The smallest absolute Gasteiger partial charge is 0.309 e. The van der Waals surface area contributed by atoms with Crippen LogP contribution in [0, 0.1) is 12.3 Å². The van der Waals surface area contributed by atoms with Gasteiger partial charge >= 0.3 is 5.97 Å². The van der Waals surface area contributed by atoms with Crippen molar-refractivity contribution in [1.82, 2.24) is 9.29 Å². The number of ether oxygens (including phenoxy) is 1. The molecule has 1 aromatic carbocycles. The van der Waals surface area contributed by atoms with Crippen LogP contribution in [0.3, 0.4) is 0 Å². The lowest BCUT2D eigenvalue weighted by Crippen LogP contribution is -2.41. The molecule has 1 unspecified atom stereocenters. The predicted octanol–water partition coefficient (Wildman–Crippen LogP) is 3.74. The molecule has 3 rings (SSSR count). The Labute approximate surface area is 174 Å². The maximum atomic E-state index is 13.3. The Kier molecular flexibility index (Phi) is 5.83. The van der Waals surface area contributed by atoms with Crippen LogP contribution in [0.1, 0.15) is 44.4 Å². The number of hydrogen-bond donors (Lipinski definition) is 1. The summed E-state index contributed by atoms with van der Waals surface area (Å²) in [4.78, 5) is 16.3. The SMILES string of the molecule is Cc1ccc(CC(C)(C)C(=O)O)cc1CN1CC(C)(C)Oc2ncccc2S1=O. The number of aliphatic carboxylic acids is 1. The molecule has 0 fully saturated rings. The maximum absolute atomic E-state index is 13.3. The highest BCUT2D eigenvalue weighted by molar-refractivity contribution is 7.82. The first-order valence-corrected chi connectivity index (χ1v) is 10.7. The fourth-order valence-corrected chi connectivity index (χ4v) is 4.80. The van der Waals surface area contributed by atoms with Crippen LogP contribution in [-0.2, 0) is 28.7 Å². The molecule has 1 N–H and O–H groups in total. The minimum atomic E-state index is -1.41. The number of carbonyl (C=O) groups is 1. The highest BCUT2D eigenvalue weighted by atomic mass is 32.2. The Morgan fingerprint density at radius 3 is 2.76 bits per heavy atom. The predicted molar refractivity (Wildman–Crippen MR) is 112 cm³/mol. The highest BCUT2D eigenvalue weighted by Gasteiger charge is 2.34. The Bertz CT molecular complexity index is 956. The van der Waals surface area contributed by atoms with E-state index in [1.54, 1.807) is 32.2 Å². The Morgan fingerprint density at radius 1 is 1.34 bits per heavy atom. The van der Waals surface area contributed by atoms with Gasteiger partial charge in [0.1, 0.15) is 21.5 Å². The van der Waals surface area contributed by atoms with E-state index in [2.05, 4.69) is 4.98 Å². The molecular formula is C22H28N2O4S. The molecule has 1 aliphatic rings. The third-order valence-electron chi connectivity index (χ3n) is 5.07. The molecule has 2 aromatic rings. The average molecular weight is 417 g/mol. The van der Waals surface area contributed by atoms with Gasteiger partial charge in [-0.2, -0.15) is 0 Å². The van der Waals surface area contributed by atoms with Gasteiger partial charge in [-0.05, 0) is 69.9 Å². The zero-order valence-corrected chi connectivity index (χ0v) is 18.4. The van der Waals surface area contributed by atoms with Crippen LogP contribution in [0.2, 0.25) is 0 Å². The van der Waals surface area contributed by atoms with E-state index in [4.69, 9.17) is 4.74 Å². The van der Waals surface area contributed by atoms with Gasteiger partial charge in [0.15, 0.2) is 0 Å². The van der Waals surface area contributed by atoms with Crippen molar-refractivity contribution in [3.8, 4) is 5.88 Å². The minimum absolute atomic E-state index is 0.409. The first-order valence-electron chi connectivity index (χ1n) is 9.61. The second-order valence-electron chi connectivity index (χ2n) is 8.84. The zero-order valence-electron chi connectivity index (χ0n) is 17.6. The van der Waals surface area contributed by atoms with Crippen molar-refractivity contribution in [3.63, 3.8) is 0 Å². The summed E-state index contributed by atoms with van der Waals surface area (Å²) in [7, 11) is -1.41. The molecule has 2 heterocycles. The standard InChI is InChI=1S/C22H28N2O4S/c1-15-8-9-16(12-21(2,3)20(25)26)11-17(15)13-24-14-22(4,5)28-19-18(29(24)27)7-6-10-23-19/h6-11H,12-14H2,1-5H3,(H,25,26). The summed E-state index contributed by atoms with van der Waals surface area (Å²) >= 11 is 0. The van der Waals surface area contributed by atoms with Gasteiger partial charge in [-0.3, -0.25) is 4.79 Å². The molecule has 29 heavy (non-hydrogen) atoms. The maximum Gasteiger partial charge on any atom is 0.309 e. The molecule has 1 atom stereocenters. The second-order valence-corrected chi connectivity index (χ2v) is 10.3. The van der Waals surface area contributed by atoms with E-state index in [1.807, 2.05) is 43.3 Å². The Hall–Kier alpha value is -2.25. The number of aryl methyl sites for hydroxylation is 1. The number of nitrogens with zero attached hydrogens (tertiary/aromatic N) is 2. The lowest BCUT2D eigenvalue weighted by molar-refractivity contribution is -0.146. The Balaban J connectivity index is 1.91. The molecule has 7 heteroatoms. The van der Waals surface area contributed by atoms with Gasteiger partial charge in [0.05, 0.1) is 12.0 Å². The highest BCUT2D eigenvalue weighted by Crippen LogP contribution is 2.32. The number of rotatable bonds is 5. The monoisotopic (exact) mass is 416 g/mol. The summed E-state index contributed by atoms with van der Waals surface area (Å²) in [5.74, 6) is -0.414. The lowest BCUT2D eigenvalue weighted by Gasteiger charge is -2.28. The van der Waals surface area contributed by atoms with E-state index in [9.17, 15) is 14.1 Å². The van der Waals surface area contributed by atoms with E-state index in [0.29, 0.717) is 30.3 Å². The number of carboxylic acid groups (broad SMARTS) is 1. The van der Waals surface area contributed by atoms with Crippen molar-refractivity contribution >= 4 is 17.0 Å². The van der Waals surface area contributed by atoms with Crippen molar-refractivity contribution in [2.45, 2.75) is 58.1 Å². The molecule has 156 valence electrons. The minimum Gasteiger partial charge on any atom is -0.481 e. The summed E-state index contributed by atoms with van der Waals surface area (Å²) in [5, 5.41) is 9.44. The van der Waals surface area contributed by atoms with Gasteiger partial charge < -0.3 is 9.84 Å². The first-order chi connectivity index (χ1) is 13.5. The molecule has 0 bridgehead atoms. The van der Waals surface area contributed by atoms with Gasteiger partial charge in [0.2, 0.25) is 5.88 Å². The largest absolute Gasteiger partial charge is 0.481 e. The van der Waals surface area contributed by atoms with Crippen LogP contribution < -0.4 is 4.74 Å². The van der Waals surface area contributed by atoms with Crippen molar-refractivity contribution in [2.24, 2.45) is 5.41 Å². The average Bonchev–Trinajstić information content (AvgIpc) is 2.71. The molecule has 1 aliphatic heterocycles. The second kappa shape index (κ2) is 7.88. The molecule has 0 saturated carbocycles. The summed E-state index contributed by atoms with van der Waals surface area (Å²) in [5.41, 5.74) is 1.66. The number of benzene rings is 1. The third kappa shape index (κ3) is 4.85. The van der Waals surface area contributed by atoms with Gasteiger partial charge in [-0.25, -0.2) is 13.5 Å². The van der Waals surface area contributed by atoms with Crippen LogP contribution in [0.5, 0.6) is 5.88 Å². The molecule has 0 saturated heterocycles. The molecule has 6 nitrogen and oxygen atoms in total. The summed E-state index contributed by atoms with van der Waals surface area (Å²) in [6.45, 7) is 10.3. The molecule has 0 spiro atoms. The van der Waals surface area contributed by atoms with Gasteiger partial charge in [-0.1, -0.05) is 18.2 Å². The van der Waals surface area contributed by atoms with Crippen LogP contribution in [0.15, 0.2) is 41.4 Å². The topological polar surface area (TPSA) is 79.7 Å². The van der Waals surface area contributed by atoms with Gasteiger partial charge in [0, 0.05) is 12.7 Å². The molecule has 1 aromatic heterocycles. The van der Waals surface area contributed by atoms with Crippen molar-refractivity contribution in [3.05, 3.63) is 53.2 Å². The summed E-state index contributed by atoms with van der Waals surface area (Å²) < 4.78 is 21.2.